The topological polar surface area (TPSA) is 37.8 Å². The highest BCUT2D eigenvalue weighted by atomic mass is 16.1. The number of rotatable bonds is 4. The van der Waals surface area contributed by atoms with Crippen LogP contribution in [0.1, 0.15) is 37.9 Å². The second kappa shape index (κ2) is 4.30. The maximum absolute atomic E-state index is 11.6. The summed E-state index contributed by atoms with van der Waals surface area (Å²) in [6, 6.07) is 0. The van der Waals surface area contributed by atoms with E-state index in [1.165, 1.54) is 0 Å². The molecule has 0 saturated carbocycles. The Kier molecular flexibility index (Phi) is 3.34. The smallest absolute Gasteiger partial charge is 0.269 e. The molecule has 1 aromatic heterocycles. The fourth-order valence-corrected chi connectivity index (χ4v) is 1.50. The lowest BCUT2D eigenvalue weighted by Gasteiger charge is -1.97. The molecule has 1 N–H and O–H groups in total. The van der Waals surface area contributed by atoms with Crippen molar-refractivity contribution < 1.29 is 0 Å². The van der Waals surface area contributed by atoms with Crippen LogP contribution in [0.15, 0.2) is 4.79 Å². The summed E-state index contributed by atoms with van der Waals surface area (Å²) in [5.74, 6) is 0. The monoisotopic (exact) mass is 182 g/mol. The number of hydrogen-bond acceptors (Lipinski definition) is 1. The number of nitrogens with one attached hydrogen (secondary N) is 1. The van der Waals surface area contributed by atoms with Crippen molar-refractivity contribution in [2.75, 3.05) is 0 Å². The first kappa shape index (κ1) is 10.1. The van der Waals surface area contributed by atoms with Crippen molar-refractivity contribution in [3.63, 3.8) is 0 Å². The van der Waals surface area contributed by atoms with Gasteiger partial charge in [0.1, 0.15) is 0 Å². The summed E-state index contributed by atoms with van der Waals surface area (Å²) in [5, 5.41) is 3.16. The zero-order chi connectivity index (χ0) is 9.84. The van der Waals surface area contributed by atoms with Gasteiger partial charge in [-0.1, -0.05) is 20.3 Å². The Morgan fingerprint density at radius 2 is 2.00 bits per heavy atom. The lowest BCUT2D eigenvalue weighted by molar-refractivity contribution is 0.576. The first-order valence-electron chi connectivity index (χ1n) is 4.99. The normalized spacial score (nSPS) is 10.7. The number of aromatic nitrogens is 2. The van der Waals surface area contributed by atoms with Crippen LogP contribution in [0.3, 0.4) is 0 Å². The molecule has 0 spiro atoms. The third-order valence-electron chi connectivity index (χ3n) is 2.24. The number of H-pyrrole nitrogens is 1. The third-order valence-corrected chi connectivity index (χ3v) is 2.24. The first-order valence-corrected chi connectivity index (χ1v) is 4.99. The molecule has 0 atom stereocenters. The molecular weight excluding hydrogens is 164 g/mol. The van der Waals surface area contributed by atoms with E-state index in [2.05, 4.69) is 18.9 Å². The van der Waals surface area contributed by atoms with E-state index in [-0.39, 0.29) is 5.56 Å². The van der Waals surface area contributed by atoms with Crippen molar-refractivity contribution in [1.29, 1.82) is 0 Å². The zero-order valence-electron chi connectivity index (χ0n) is 8.68. The highest BCUT2D eigenvalue weighted by molar-refractivity contribution is 5.15. The molecule has 74 valence electrons. The quantitative estimate of drug-likeness (QED) is 0.758. The highest BCUT2D eigenvalue weighted by Crippen LogP contribution is 2.02. The molecule has 0 aliphatic heterocycles. The summed E-state index contributed by atoms with van der Waals surface area (Å²) in [4.78, 5) is 11.6. The average molecular weight is 182 g/mol. The minimum atomic E-state index is 0.144. The largest absolute Gasteiger partial charge is 0.299 e. The average Bonchev–Trinajstić information content (AvgIpc) is 2.36. The molecule has 0 aliphatic carbocycles. The molecule has 1 aromatic rings. The fraction of sp³-hybridized carbons (Fsp3) is 0.700. The number of aromatic amines is 1. The van der Waals surface area contributed by atoms with Gasteiger partial charge >= 0.3 is 0 Å². The molecule has 0 unspecified atom stereocenters. The van der Waals surface area contributed by atoms with E-state index in [9.17, 15) is 4.79 Å². The van der Waals surface area contributed by atoms with Crippen LogP contribution in [0.5, 0.6) is 0 Å². The Morgan fingerprint density at radius 1 is 1.31 bits per heavy atom. The van der Waals surface area contributed by atoms with Gasteiger partial charge in [0.25, 0.3) is 5.56 Å². The zero-order valence-corrected chi connectivity index (χ0v) is 8.68. The van der Waals surface area contributed by atoms with Crippen LogP contribution >= 0.6 is 0 Å². The van der Waals surface area contributed by atoms with Crippen LogP contribution in [0, 0.1) is 6.92 Å². The molecule has 1 rings (SSSR count). The van der Waals surface area contributed by atoms with Crippen molar-refractivity contribution >= 4 is 0 Å². The second-order valence-electron chi connectivity index (χ2n) is 3.42. The van der Waals surface area contributed by atoms with Crippen LogP contribution in [-0.4, -0.2) is 9.78 Å². The van der Waals surface area contributed by atoms with E-state index in [0.29, 0.717) is 0 Å². The Labute approximate surface area is 78.8 Å². The van der Waals surface area contributed by atoms with E-state index >= 15 is 0 Å². The number of hydrogen-bond donors (Lipinski definition) is 1. The van der Waals surface area contributed by atoms with Gasteiger partial charge in [0.2, 0.25) is 0 Å². The maximum Gasteiger partial charge on any atom is 0.269 e. The van der Waals surface area contributed by atoms with Crippen LogP contribution in [0.25, 0.3) is 0 Å². The van der Waals surface area contributed by atoms with Gasteiger partial charge in [0.05, 0.1) is 0 Å². The molecule has 0 bridgehead atoms. The van der Waals surface area contributed by atoms with Crippen molar-refractivity contribution in [3.05, 3.63) is 21.6 Å². The van der Waals surface area contributed by atoms with Gasteiger partial charge in [-0.3, -0.25) is 14.6 Å². The summed E-state index contributed by atoms with van der Waals surface area (Å²) < 4.78 is 1.71. The molecular formula is C10H18N2O. The van der Waals surface area contributed by atoms with Crippen molar-refractivity contribution in [2.45, 2.75) is 46.6 Å². The SMILES string of the molecule is CCCc1[nH]n(CCC)c(=O)c1C. The van der Waals surface area contributed by atoms with E-state index in [1.807, 2.05) is 6.92 Å². The molecule has 0 aromatic carbocycles. The Balaban J connectivity index is 2.98. The van der Waals surface area contributed by atoms with E-state index in [0.717, 1.165) is 37.1 Å². The predicted molar refractivity (Wildman–Crippen MR) is 54.1 cm³/mol. The third kappa shape index (κ3) is 2.02. The fourth-order valence-electron chi connectivity index (χ4n) is 1.50. The summed E-state index contributed by atoms with van der Waals surface area (Å²) >= 11 is 0. The van der Waals surface area contributed by atoms with Gasteiger partial charge in [-0.25, -0.2) is 0 Å². The first-order chi connectivity index (χ1) is 6.20. The van der Waals surface area contributed by atoms with Crippen LogP contribution in [0.2, 0.25) is 0 Å². The lowest BCUT2D eigenvalue weighted by Crippen LogP contribution is -2.17. The van der Waals surface area contributed by atoms with Crippen LogP contribution < -0.4 is 5.56 Å². The van der Waals surface area contributed by atoms with E-state index < -0.39 is 0 Å². The number of aryl methyl sites for hydroxylation is 2. The Bertz CT molecular complexity index is 322. The van der Waals surface area contributed by atoms with Gasteiger partial charge in [-0.15, -0.1) is 0 Å². The summed E-state index contributed by atoms with van der Waals surface area (Å²) in [5.41, 5.74) is 2.13. The molecule has 13 heavy (non-hydrogen) atoms. The van der Waals surface area contributed by atoms with Gasteiger partial charge in [-0.2, -0.15) is 0 Å². The van der Waals surface area contributed by atoms with Crippen molar-refractivity contribution in [1.82, 2.24) is 9.78 Å². The maximum atomic E-state index is 11.6. The van der Waals surface area contributed by atoms with Gasteiger partial charge in [0, 0.05) is 17.8 Å². The van der Waals surface area contributed by atoms with Crippen LogP contribution in [0.4, 0.5) is 0 Å². The van der Waals surface area contributed by atoms with Gasteiger partial charge < -0.3 is 0 Å². The molecule has 0 saturated heterocycles. The summed E-state index contributed by atoms with van der Waals surface area (Å²) in [7, 11) is 0. The lowest BCUT2D eigenvalue weighted by atomic mass is 10.2. The standard InChI is InChI=1S/C10H18N2O/c1-4-6-9-8(3)10(13)12(11-9)7-5-2/h11H,4-7H2,1-3H3. The minimum Gasteiger partial charge on any atom is -0.299 e. The van der Waals surface area contributed by atoms with Crippen molar-refractivity contribution in [2.24, 2.45) is 0 Å². The molecule has 3 heteroatoms. The van der Waals surface area contributed by atoms with E-state index in [1.54, 1.807) is 4.68 Å². The molecule has 0 radical (unpaired) electrons. The van der Waals surface area contributed by atoms with E-state index in [4.69, 9.17) is 0 Å². The molecule has 0 fully saturated rings. The summed E-state index contributed by atoms with van der Waals surface area (Å²) in [6.07, 6.45) is 3.04. The Morgan fingerprint density at radius 3 is 2.54 bits per heavy atom. The second-order valence-corrected chi connectivity index (χ2v) is 3.42. The highest BCUT2D eigenvalue weighted by Gasteiger charge is 2.07. The molecule has 3 nitrogen and oxygen atoms in total. The van der Waals surface area contributed by atoms with Gasteiger partial charge in [0.15, 0.2) is 0 Å². The molecule has 0 aliphatic rings. The summed E-state index contributed by atoms with van der Waals surface area (Å²) in [6.45, 7) is 6.89. The molecule has 1 heterocycles. The minimum absolute atomic E-state index is 0.144. The van der Waals surface area contributed by atoms with Crippen molar-refractivity contribution in [3.8, 4) is 0 Å². The predicted octanol–water partition coefficient (Wildman–Crippen LogP) is 1.85. The molecule has 0 amide bonds. The Hall–Kier alpha value is -0.990. The van der Waals surface area contributed by atoms with Gasteiger partial charge in [-0.05, 0) is 19.8 Å². The van der Waals surface area contributed by atoms with Crippen LogP contribution in [-0.2, 0) is 13.0 Å². The number of nitrogens with zero attached hydrogens (tertiary/aromatic N) is 1.